The number of furan rings is 2. The maximum absolute atomic E-state index is 6.60. The van der Waals surface area contributed by atoms with Crippen LogP contribution >= 0.6 is 0 Å². The van der Waals surface area contributed by atoms with Crippen molar-refractivity contribution >= 4 is 54.6 Å². The third-order valence-electron chi connectivity index (χ3n) is 12.9. The summed E-state index contributed by atoms with van der Waals surface area (Å²) in [5, 5.41) is 6.91. The Labute approximate surface area is 313 Å². The Balaban J connectivity index is 0.956. The molecule has 0 spiro atoms. The molecule has 2 heteroatoms. The highest BCUT2D eigenvalue weighted by molar-refractivity contribution is 6.27. The summed E-state index contributed by atoms with van der Waals surface area (Å²) in [6.07, 6.45) is 0. The second-order valence-corrected chi connectivity index (χ2v) is 16.5. The molecule has 0 amide bonds. The molecule has 2 nitrogen and oxygen atoms in total. The van der Waals surface area contributed by atoms with Crippen molar-refractivity contribution in [3.63, 3.8) is 0 Å². The number of benzene rings is 8. The molecule has 256 valence electrons. The van der Waals surface area contributed by atoms with Crippen LogP contribution in [-0.4, -0.2) is 0 Å². The van der Waals surface area contributed by atoms with E-state index in [2.05, 4.69) is 173 Å². The van der Waals surface area contributed by atoms with Gasteiger partial charge < -0.3 is 8.83 Å². The van der Waals surface area contributed by atoms with E-state index in [1.165, 1.54) is 66.4 Å². The maximum atomic E-state index is 6.60. The Bertz CT molecular complexity index is 3050. The fourth-order valence-electron chi connectivity index (χ4n) is 10.1. The second-order valence-electron chi connectivity index (χ2n) is 16.5. The predicted octanol–water partition coefficient (Wildman–Crippen LogP) is 14.6. The van der Waals surface area contributed by atoms with Crippen molar-refractivity contribution in [1.82, 2.24) is 0 Å². The molecule has 0 N–H and O–H groups in total. The zero-order valence-electron chi connectivity index (χ0n) is 30.7. The first-order chi connectivity index (χ1) is 26.3. The molecule has 10 aromatic rings. The zero-order chi connectivity index (χ0) is 36.1. The van der Waals surface area contributed by atoms with Crippen LogP contribution in [0.25, 0.3) is 99.2 Å². The molecule has 2 aromatic heterocycles. The zero-order valence-corrected chi connectivity index (χ0v) is 30.7. The van der Waals surface area contributed by atoms with Crippen LogP contribution in [0.2, 0.25) is 0 Å². The van der Waals surface area contributed by atoms with Crippen LogP contribution in [0.4, 0.5) is 0 Å². The lowest BCUT2D eigenvalue weighted by atomic mass is 9.81. The quantitative estimate of drug-likeness (QED) is 0.180. The minimum atomic E-state index is -0.0412. The van der Waals surface area contributed by atoms with E-state index in [1.54, 1.807) is 0 Å². The van der Waals surface area contributed by atoms with E-state index >= 15 is 0 Å². The lowest BCUT2D eigenvalue weighted by molar-refractivity contribution is 0.660. The molecule has 0 saturated carbocycles. The molecule has 2 heterocycles. The van der Waals surface area contributed by atoms with Gasteiger partial charge in [-0.15, -0.1) is 0 Å². The molecule has 0 unspecified atom stereocenters. The molecule has 0 saturated heterocycles. The van der Waals surface area contributed by atoms with Crippen molar-refractivity contribution in [2.75, 3.05) is 0 Å². The smallest absolute Gasteiger partial charge is 0.136 e. The molecule has 12 rings (SSSR count). The van der Waals surface area contributed by atoms with Crippen molar-refractivity contribution in [3.05, 3.63) is 168 Å². The summed E-state index contributed by atoms with van der Waals surface area (Å²) < 4.78 is 13.2. The van der Waals surface area contributed by atoms with Gasteiger partial charge in [-0.3, -0.25) is 0 Å². The number of hydrogen-bond acceptors (Lipinski definition) is 2. The van der Waals surface area contributed by atoms with E-state index in [0.717, 1.165) is 55.0 Å². The van der Waals surface area contributed by atoms with Gasteiger partial charge in [-0.2, -0.15) is 0 Å². The Morgan fingerprint density at radius 2 is 0.685 bits per heavy atom. The third-order valence-corrected chi connectivity index (χ3v) is 12.9. The lowest BCUT2D eigenvalue weighted by Gasteiger charge is -2.22. The van der Waals surface area contributed by atoms with Crippen molar-refractivity contribution in [1.29, 1.82) is 0 Å². The summed E-state index contributed by atoms with van der Waals surface area (Å²) in [5.74, 6) is 0. The van der Waals surface area contributed by atoms with Gasteiger partial charge in [0.1, 0.15) is 22.3 Å². The van der Waals surface area contributed by atoms with Gasteiger partial charge in [0.2, 0.25) is 0 Å². The van der Waals surface area contributed by atoms with Gasteiger partial charge >= 0.3 is 0 Å². The highest BCUT2D eigenvalue weighted by atomic mass is 16.3. The van der Waals surface area contributed by atoms with Crippen LogP contribution in [0.3, 0.4) is 0 Å². The van der Waals surface area contributed by atoms with E-state index in [4.69, 9.17) is 8.83 Å². The molecule has 0 atom stereocenters. The standard InChI is InChI=1S/C52H36O2/c1-51(2)41-11-7-5-9-33(41)35-17-13-29(25-43(35)51)31-15-19-39-47(27-31)53-45-23-21-38-37(49(39)45)22-24-46-50(38)40-20-16-32(28-48(40)54-46)30-14-18-36-34-10-6-8-12-42(34)52(3,4)44(36)26-30/h5-28H,1-4H3. The average Bonchev–Trinajstić information content (AvgIpc) is 3.90. The van der Waals surface area contributed by atoms with Crippen molar-refractivity contribution in [2.24, 2.45) is 0 Å². The summed E-state index contributed by atoms with van der Waals surface area (Å²) in [5.41, 5.74) is 19.2. The molecular formula is C52H36O2. The van der Waals surface area contributed by atoms with Crippen molar-refractivity contribution < 1.29 is 8.83 Å². The highest BCUT2D eigenvalue weighted by Crippen LogP contribution is 2.51. The number of fused-ring (bicyclic) bond motifs is 15. The highest BCUT2D eigenvalue weighted by Gasteiger charge is 2.36. The summed E-state index contributed by atoms with van der Waals surface area (Å²) in [6.45, 7) is 9.34. The molecule has 2 aliphatic carbocycles. The SMILES string of the molecule is CC1(C)c2ccccc2-c2ccc(-c3ccc4c(c3)oc3ccc5c(ccc6oc7cc(-c8ccc9c(c8)C(C)(C)c8ccccc8-9)ccc7c65)c34)cc21. The van der Waals surface area contributed by atoms with Crippen LogP contribution in [0, 0.1) is 0 Å². The molecule has 8 aromatic carbocycles. The maximum Gasteiger partial charge on any atom is 0.136 e. The van der Waals surface area contributed by atoms with Gasteiger partial charge in [0, 0.05) is 32.4 Å². The van der Waals surface area contributed by atoms with E-state index < -0.39 is 0 Å². The second kappa shape index (κ2) is 10.2. The van der Waals surface area contributed by atoms with Gasteiger partial charge in [0.15, 0.2) is 0 Å². The molecule has 0 aliphatic heterocycles. The number of rotatable bonds is 2. The van der Waals surface area contributed by atoms with Crippen molar-refractivity contribution in [3.8, 4) is 44.5 Å². The summed E-state index contributed by atoms with van der Waals surface area (Å²) >= 11 is 0. The first-order valence-corrected chi connectivity index (χ1v) is 19.0. The normalized spacial score (nSPS) is 15.0. The van der Waals surface area contributed by atoms with Crippen LogP contribution in [0.15, 0.2) is 154 Å². The van der Waals surface area contributed by atoms with Crippen molar-refractivity contribution in [2.45, 2.75) is 38.5 Å². The summed E-state index contributed by atoms with van der Waals surface area (Å²) in [7, 11) is 0. The largest absolute Gasteiger partial charge is 0.456 e. The predicted molar refractivity (Wildman–Crippen MR) is 225 cm³/mol. The van der Waals surface area contributed by atoms with Gasteiger partial charge in [-0.25, -0.2) is 0 Å². The minimum Gasteiger partial charge on any atom is -0.456 e. The molecular weight excluding hydrogens is 657 g/mol. The third kappa shape index (κ3) is 3.85. The van der Waals surface area contributed by atoms with Crippen LogP contribution < -0.4 is 0 Å². The van der Waals surface area contributed by atoms with E-state index in [9.17, 15) is 0 Å². The Morgan fingerprint density at radius 1 is 0.315 bits per heavy atom. The Kier molecular flexibility index (Phi) is 5.68. The Morgan fingerprint density at radius 3 is 1.15 bits per heavy atom. The van der Waals surface area contributed by atoms with Gasteiger partial charge in [-0.05, 0) is 138 Å². The van der Waals surface area contributed by atoms with E-state index in [0.29, 0.717) is 0 Å². The van der Waals surface area contributed by atoms with Gasteiger partial charge in [-0.1, -0.05) is 113 Å². The molecule has 0 fully saturated rings. The van der Waals surface area contributed by atoms with Gasteiger partial charge in [0.05, 0.1) is 0 Å². The van der Waals surface area contributed by atoms with Crippen LogP contribution in [0.1, 0.15) is 49.9 Å². The topological polar surface area (TPSA) is 26.3 Å². The average molecular weight is 693 g/mol. The van der Waals surface area contributed by atoms with Crippen LogP contribution in [0.5, 0.6) is 0 Å². The van der Waals surface area contributed by atoms with E-state index in [1.807, 2.05) is 0 Å². The molecule has 54 heavy (non-hydrogen) atoms. The minimum absolute atomic E-state index is 0.0412. The fourth-order valence-corrected chi connectivity index (χ4v) is 10.1. The first kappa shape index (κ1) is 30.1. The molecule has 0 bridgehead atoms. The summed E-state index contributed by atoms with van der Waals surface area (Å²) in [6, 6.07) is 53.5. The van der Waals surface area contributed by atoms with E-state index in [-0.39, 0.29) is 10.8 Å². The Hall–Kier alpha value is -6.38. The monoisotopic (exact) mass is 692 g/mol. The van der Waals surface area contributed by atoms with Gasteiger partial charge in [0.25, 0.3) is 0 Å². The first-order valence-electron chi connectivity index (χ1n) is 19.0. The lowest BCUT2D eigenvalue weighted by Crippen LogP contribution is -2.14. The number of hydrogen-bond donors (Lipinski definition) is 0. The summed E-state index contributed by atoms with van der Waals surface area (Å²) in [4.78, 5) is 0. The molecule has 2 aliphatic rings. The van der Waals surface area contributed by atoms with Crippen LogP contribution in [-0.2, 0) is 10.8 Å². The fraction of sp³-hybridized carbons (Fsp3) is 0.115. The molecule has 0 radical (unpaired) electrons.